The van der Waals surface area contributed by atoms with Crippen LogP contribution < -0.4 is 0 Å². The molecule has 0 atom stereocenters. The molecule has 0 saturated heterocycles. The van der Waals surface area contributed by atoms with Gasteiger partial charge in [-0.2, -0.15) is 0 Å². The molecule has 1 heterocycles. The van der Waals surface area contributed by atoms with E-state index in [4.69, 9.17) is 4.74 Å². The number of carbonyl (C=O) groups excluding carboxylic acids is 1. The first kappa shape index (κ1) is 12.0. The first-order valence-electron chi connectivity index (χ1n) is 5.46. The van der Waals surface area contributed by atoms with Gasteiger partial charge in [-0.05, 0) is 18.6 Å². The summed E-state index contributed by atoms with van der Waals surface area (Å²) in [5.74, 6) is -3.37. The molecule has 1 aliphatic carbocycles. The van der Waals surface area contributed by atoms with E-state index in [9.17, 15) is 13.6 Å². The molecule has 0 N–H and O–H groups in total. The largest absolute Gasteiger partial charge is 0.465 e. The van der Waals surface area contributed by atoms with Crippen LogP contribution in [0, 0.1) is 0 Å². The first-order chi connectivity index (χ1) is 8.00. The SMILES string of the molecule is CCOC(=O)C1(c2cccnc2)CC(F)(F)C1. The van der Waals surface area contributed by atoms with Crippen LogP contribution in [0.4, 0.5) is 8.78 Å². The van der Waals surface area contributed by atoms with Crippen molar-refractivity contribution in [3.8, 4) is 0 Å². The van der Waals surface area contributed by atoms with E-state index in [-0.39, 0.29) is 6.61 Å². The van der Waals surface area contributed by atoms with Crippen LogP contribution in [-0.2, 0) is 14.9 Å². The number of alkyl halides is 2. The van der Waals surface area contributed by atoms with Gasteiger partial charge >= 0.3 is 5.97 Å². The van der Waals surface area contributed by atoms with Crippen LogP contribution in [0.2, 0.25) is 0 Å². The Hall–Kier alpha value is -1.52. The number of rotatable bonds is 3. The first-order valence-corrected chi connectivity index (χ1v) is 5.46. The Balaban J connectivity index is 2.31. The molecule has 1 saturated carbocycles. The van der Waals surface area contributed by atoms with Crippen molar-refractivity contribution in [2.45, 2.75) is 31.1 Å². The van der Waals surface area contributed by atoms with Gasteiger partial charge < -0.3 is 4.74 Å². The molecular weight excluding hydrogens is 228 g/mol. The molecule has 0 radical (unpaired) electrons. The lowest BCUT2D eigenvalue weighted by Gasteiger charge is -2.45. The minimum absolute atomic E-state index is 0.187. The van der Waals surface area contributed by atoms with Gasteiger partial charge in [0.25, 0.3) is 5.92 Å². The molecule has 1 aliphatic rings. The minimum Gasteiger partial charge on any atom is -0.465 e. The lowest BCUT2D eigenvalue weighted by molar-refractivity contribution is -0.179. The monoisotopic (exact) mass is 241 g/mol. The fourth-order valence-electron chi connectivity index (χ4n) is 2.21. The number of aromatic nitrogens is 1. The van der Waals surface area contributed by atoms with E-state index in [2.05, 4.69) is 4.98 Å². The third-order valence-corrected chi connectivity index (χ3v) is 3.00. The van der Waals surface area contributed by atoms with Crippen LogP contribution in [0.25, 0.3) is 0 Å². The van der Waals surface area contributed by atoms with Gasteiger partial charge in [-0.1, -0.05) is 6.07 Å². The highest BCUT2D eigenvalue weighted by atomic mass is 19.3. The van der Waals surface area contributed by atoms with Crippen LogP contribution in [0.3, 0.4) is 0 Å². The summed E-state index contributed by atoms with van der Waals surface area (Å²) in [6.45, 7) is 1.85. The molecule has 0 aliphatic heterocycles. The Kier molecular flexibility index (Phi) is 2.85. The summed E-state index contributed by atoms with van der Waals surface area (Å²) in [4.78, 5) is 15.7. The van der Waals surface area contributed by atoms with Gasteiger partial charge in [-0.25, -0.2) is 8.78 Å². The van der Waals surface area contributed by atoms with Crippen LogP contribution in [0.15, 0.2) is 24.5 Å². The second-order valence-electron chi connectivity index (χ2n) is 4.25. The van der Waals surface area contributed by atoms with Gasteiger partial charge in [0.1, 0.15) is 5.41 Å². The van der Waals surface area contributed by atoms with E-state index in [1.165, 1.54) is 6.20 Å². The number of pyridine rings is 1. The Morgan fingerprint density at radius 1 is 1.53 bits per heavy atom. The van der Waals surface area contributed by atoms with Crippen molar-refractivity contribution >= 4 is 5.97 Å². The zero-order valence-electron chi connectivity index (χ0n) is 9.45. The van der Waals surface area contributed by atoms with Crippen LogP contribution in [0.1, 0.15) is 25.3 Å². The molecule has 0 aromatic carbocycles. The summed E-state index contributed by atoms with van der Waals surface area (Å²) in [5.41, 5.74) is -0.710. The van der Waals surface area contributed by atoms with Gasteiger partial charge in [0, 0.05) is 25.2 Å². The highest BCUT2D eigenvalue weighted by Crippen LogP contribution is 2.53. The normalized spacial score (nSPS) is 20.4. The standard InChI is InChI=1S/C12H13F2NO2/c1-2-17-10(16)11(7-12(13,14)8-11)9-4-3-5-15-6-9/h3-6H,2,7-8H2,1H3. The summed E-state index contributed by atoms with van der Waals surface area (Å²) < 4.78 is 31.1. The quantitative estimate of drug-likeness (QED) is 0.762. The van der Waals surface area contributed by atoms with Crippen molar-refractivity contribution < 1.29 is 18.3 Å². The number of hydrogen-bond donors (Lipinski definition) is 0. The van der Waals surface area contributed by atoms with Crippen molar-refractivity contribution in [3.05, 3.63) is 30.1 Å². The van der Waals surface area contributed by atoms with Gasteiger partial charge in [-0.3, -0.25) is 9.78 Å². The highest BCUT2D eigenvalue weighted by molar-refractivity contribution is 5.85. The van der Waals surface area contributed by atoms with Crippen molar-refractivity contribution in [2.75, 3.05) is 6.61 Å². The van der Waals surface area contributed by atoms with E-state index < -0.39 is 30.1 Å². The average molecular weight is 241 g/mol. The molecule has 1 fully saturated rings. The fourth-order valence-corrected chi connectivity index (χ4v) is 2.21. The summed E-state index contributed by atoms with van der Waals surface area (Å²) in [6.07, 6.45) is 2.00. The molecule has 17 heavy (non-hydrogen) atoms. The molecule has 3 nitrogen and oxygen atoms in total. The Bertz CT molecular complexity index is 412. The maximum Gasteiger partial charge on any atom is 0.317 e. The van der Waals surface area contributed by atoms with E-state index in [1.54, 1.807) is 25.3 Å². The fraction of sp³-hybridized carbons (Fsp3) is 0.500. The van der Waals surface area contributed by atoms with E-state index in [1.807, 2.05) is 0 Å². The smallest absolute Gasteiger partial charge is 0.317 e. The topological polar surface area (TPSA) is 39.2 Å². The molecule has 1 aromatic heterocycles. The van der Waals surface area contributed by atoms with Crippen LogP contribution in [-0.4, -0.2) is 23.5 Å². The minimum atomic E-state index is -2.79. The third kappa shape index (κ3) is 2.01. The van der Waals surface area contributed by atoms with Crippen molar-refractivity contribution in [1.29, 1.82) is 0 Å². The van der Waals surface area contributed by atoms with E-state index >= 15 is 0 Å². The van der Waals surface area contributed by atoms with E-state index in [0.29, 0.717) is 5.56 Å². The summed E-state index contributed by atoms with van der Waals surface area (Å²) >= 11 is 0. The second kappa shape index (κ2) is 4.05. The van der Waals surface area contributed by atoms with Crippen LogP contribution >= 0.6 is 0 Å². The molecule has 0 bridgehead atoms. The van der Waals surface area contributed by atoms with Crippen molar-refractivity contribution in [2.24, 2.45) is 0 Å². The predicted octanol–water partition coefficient (Wildman–Crippen LogP) is 2.31. The number of ether oxygens (including phenoxy) is 1. The third-order valence-electron chi connectivity index (χ3n) is 3.00. The lowest BCUT2D eigenvalue weighted by atomic mass is 9.62. The zero-order valence-corrected chi connectivity index (χ0v) is 9.45. The molecule has 5 heteroatoms. The molecule has 0 amide bonds. The number of hydrogen-bond acceptors (Lipinski definition) is 3. The van der Waals surface area contributed by atoms with Crippen molar-refractivity contribution in [1.82, 2.24) is 4.98 Å². The maximum absolute atomic E-state index is 13.1. The van der Waals surface area contributed by atoms with Gasteiger partial charge in [0.15, 0.2) is 0 Å². The number of esters is 1. The summed E-state index contributed by atoms with van der Waals surface area (Å²) in [5, 5.41) is 0. The number of carbonyl (C=O) groups is 1. The van der Waals surface area contributed by atoms with Crippen LogP contribution in [0.5, 0.6) is 0 Å². The molecule has 0 spiro atoms. The number of halogens is 2. The number of nitrogens with zero attached hydrogens (tertiary/aromatic N) is 1. The predicted molar refractivity (Wildman–Crippen MR) is 56.7 cm³/mol. The zero-order chi connectivity index (χ0) is 12.5. The van der Waals surface area contributed by atoms with Gasteiger partial charge in [0.2, 0.25) is 0 Å². The van der Waals surface area contributed by atoms with Gasteiger partial charge in [-0.15, -0.1) is 0 Å². The summed E-state index contributed by atoms with van der Waals surface area (Å²) in [7, 11) is 0. The van der Waals surface area contributed by atoms with Gasteiger partial charge in [0.05, 0.1) is 6.61 Å². The Morgan fingerprint density at radius 3 is 2.71 bits per heavy atom. The summed E-state index contributed by atoms with van der Waals surface area (Å²) in [6, 6.07) is 3.27. The molecular formula is C12H13F2NO2. The lowest BCUT2D eigenvalue weighted by Crippen LogP contribution is -2.55. The average Bonchev–Trinajstić information content (AvgIpc) is 2.26. The Morgan fingerprint density at radius 2 is 2.24 bits per heavy atom. The molecule has 92 valence electrons. The highest BCUT2D eigenvalue weighted by Gasteiger charge is 2.62. The maximum atomic E-state index is 13.1. The Labute approximate surface area is 97.8 Å². The molecule has 2 rings (SSSR count). The molecule has 1 aromatic rings. The second-order valence-corrected chi connectivity index (χ2v) is 4.25. The van der Waals surface area contributed by atoms with E-state index in [0.717, 1.165) is 0 Å². The van der Waals surface area contributed by atoms with Crippen molar-refractivity contribution in [3.63, 3.8) is 0 Å². The molecule has 0 unspecified atom stereocenters.